The summed E-state index contributed by atoms with van der Waals surface area (Å²) in [5.74, 6) is 0.999. The first kappa shape index (κ1) is 18.0. The summed E-state index contributed by atoms with van der Waals surface area (Å²) in [6, 6.07) is 21.5. The van der Waals surface area contributed by atoms with Crippen LogP contribution in [0.1, 0.15) is 15.9 Å². The summed E-state index contributed by atoms with van der Waals surface area (Å²) in [6.07, 6.45) is 1.53. The van der Waals surface area contributed by atoms with Gasteiger partial charge in [0.1, 0.15) is 11.5 Å². The van der Waals surface area contributed by atoms with Crippen LogP contribution < -0.4 is 10.2 Å². The Morgan fingerprint density at radius 1 is 0.923 bits per heavy atom. The van der Waals surface area contributed by atoms with Gasteiger partial charge >= 0.3 is 0 Å². The Hall–Kier alpha value is -2.82. The normalized spacial score (nSPS) is 10.7. The van der Waals surface area contributed by atoms with Gasteiger partial charge in [0, 0.05) is 5.02 Å². The number of nitrogens with zero attached hydrogens (tertiary/aromatic N) is 1. The van der Waals surface area contributed by atoms with Gasteiger partial charge in [-0.25, -0.2) is 5.43 Å². The number of hydrogen-bond donors (Lipinski definition) is 1. The van der Waals surface area contributed by atoms with E-state index in [1.54, 1.807) is 12.1 Å². The monoisotopic (exact) mass is 384 g/mol. The van der Waals surface area contributed by atoms with Crippen LogP contribution in [-0.4, -0.2) is 12.1 Å². The standard InChI is InChI=1S/C20H14Cl2N2O2/c21-15-9-10-18(19(22)12-15)20(25)24-23-13-14-5-4-8-17(11-14)26-16-6-2-1-3-7-16/h1-13H,(H,24,25). The van der Waals surface area contributed by atoms with Crippen molar-refractivity contribution in [3.63, 3.8) is 0 Å². The zero-order chi connectivity index (χ0) is 18.4. The third-order valence-electron chi connectivity index (χ3n) is 3.39. The van der Waals surface area contributed by atoms with Gasteiger partial charge in [-0.15, -0.1) is 0 Å². The average molecular weight is 385 g/mol. The Balaban J connectivity index is 1.65. The van der Waals surface area contributed by atoms with Crippen molar-refractivity contribution < 1.29 is 9.53 Å². The molecule has 0 aromatic heterocycles. The fourth-order valence-corrected chi connectivity index (χ4v) is 2.68. The van der Waals surface area contributed by atoms with Crippen LogP contribution in [0, 0.1) is 0 Å². The van der Waals surface area contributed by atoms with Crippen molar-refractivity contribution in [3.8, 4) is 11.5 Å². The van der Waals surface area contributed by atoms with Gasteiger partial charge in [-0.1, -0.05) is 53.5 Å². The Bertz CT molecular complexity index is 944. The highest BCUT2D eigenvalue weighted by atomic mass is 35.5. The molecule has 6 heteroatoms. The number of benzene rings is 3. The maximum atomic E-state index is 12.1. The highest BCUT2D eigenvalue weighted by Gasteiger charge is 2.09. The molecule has 0 aliphatic heterocycles. The molecule has 1 amide bonds. The maximum absolute atomic E-state index is 12.1. The van der Waals surface area contributed by atoms with Gasteiger partial charge in [0.15, 0.2) is 0 Å². The largest absolute Gasteiger partial charge is 0.457 e. The highest BCUT2D eigenvalue weighted by Crippen LogP contribution is 2.22. The molecule has 0 bridgehead atoms. The lowest BCUT2D eigenvalue weighted by Crippen LogP contribution is -2.18. The van der Waals surface area contributed by atoms with Crippen LogP contribution in [0.15, 0.2) is 77.9 Å². The molecule has 3 aromatic rings. The topological polar surface area (TPSA) is 50.7 Å². The first-order valence-electron chi connectivity index (χ1n) is 7.73. The highest BCUT2D eigenvalue weighted by molar-refractivity contribution is 6.36. The van der Waals surface area contributed by atoms with Crippen LogP contribution in [0.25, 0.3) is 0 Å². The van der Waals surface area contributed by atoms with Crippen LogP contribution in [0.5, 0.6) is 11.5 Å². The molecule has 0 unspecified atom stereocenters. The second-order valence-electron chi connectivity index (χ2n) is 5.31. The number of halogens is 2. The van der Waals surface area contributed by atoms with E-state index < -0.39 is 5.91 Å². The molecule has 3 aromatic carbocycles. The summed E-state index contributed by atoms with van der Waals surface area (Å²) in [5, 5.41) is 4.69. The third-order valence-corrected chi connectivity index (χ3v) is 3.94. The molecule has 0 fully saturated rings. The van der Waals surface area contributed by atoms with Crippen LogP contribution in [0.2, 0.25) is 10.0 Å². The molecule has 0 aliphatic rings. The average Bonchev–Trinajstić information content (AvgIpc) is 2.63. The van der Waals surface area contributed by atoms with Crippen molar-refractivity contribution in [2.75, 3.05) is 0 Å². The van der Waals surface area contributed by atoms with Gasteiger partial charge in [0.05, 0.1) is 16.8 Å². The molecular weight excluding hydrogens is 371 g/mol. The van der Waals surface area contributed by atoms with Gasteiger partial charge in [-0.3, -0.25) is 4.79 Å². The minimum absolute atomic E-state index is 0.267. The molecule has 0 saturated heterocycles. The molecule has 1 N–H and O–H groups in total. The molecule has 0 aliphatic carbocycles. The summed E-state index contributed by atoms with van der Waals surface area (Å²) in [5.41, 5.74) is 3.52. The molecule has 0 atom stereocenters. The summed E-state index contributed by atoms with van der Waals surface area (Å²) in [6.45, 7) is 0. The molecule has 4 nitrogen and oxygen atoms in total. The lowest BCUT2D eigenvalue weighted by molar-refractivity contribution is 0.0955. The van der Waals surface area contributed by atoms with Crippen LogP contribution in [-0.2, 0) is 0 Å². The van der Waals surface area contributed by atoms with E-state index in [-0.39, 0.29) is 5.02 Å². The quantitative estimate of drug-likeness (QED) is 0.463. The Kier molecular flexibility index (Phi) is 5.89. The second kappa shape index (κ2) is 8.52. The first-order valence-corrected chi connectivity index (χ1v) is 8.49. The number of ether oxygens (including phenoxy) is 1. The zero-order valence-electron chi connectivity index (χ0n) is 13.5. The van der Waals surface area contributed by atoms with Crippen LogP contribution >= 0.6 is 23.2 Å². The number of hydrazone groups is 1. The van der Waals surface area contributed by atoms with E-state index in [9.17, 15) is 4.79 Å². The predicted octanol–water partition coefficient (Wildman–Crippen LogP) is 5.55. The van der Waals surface area contributed by atoms with Crippen molar-refractivity contribution in [2.24, 2.45) is 5.10 Å². The Labute approximate surface area is 161 Å². The predicted molar refractivity (Wildman–Crippen MR) is 104 cm³/mol. The number of hydrogen-bond acceptors (Lipinski definition) is 3. The fourth-order valence-electron chi connectivity index (χ4n) is 2.18. The number of amides is 1. The van der Waals surface area contributed by atoms with Crippen molar-refractivity contribution in [2.45, 2.75) is 0 Å². The molecule has 130 valence electrons. The molecule has 0 saturated carbocycles. The minimum Gasteiger partial charge on any atom is -0.457 e. The second-order valence-corrected chi connectivity index (χ2v) is 6.15. The smallest absolute Gasteiger partial charge is 0.272 e. The van der Waals surface area contributed by atoms with Gasteiger partial charge in [0.25, 0.3) is 5.91 Å². The van der Waals surface area contributed by atoms with Gasteiger partial charge in [-0.2, -0.15) is 5.10 Å². The van der Waals surface area contributed by atoms with Crippen LogP contribution in [0.3, 0.4) is 0 Å². The molecule has 0 spiro atoms. The van der Waals surface area contributed by atoms with Crippen molar-refractivity contribution in [1.29, 1.82) is 0 Å². The van der Waals surface area contributed by atoms with Gasteiger partial charge in [0.2, 0.25) is 0 Å². The summed E-state index contributed by atoms with van der Waals surface area (Å²) in [4.78, 5) is 12.1. The Morgan fingerprint density at radius 3 is 2.46 bits per heavy atom. The van der Waals surface area contributed by atoms with E-state index in [0.717, 1.165) is 11.3 Å². The zero-order valence-corrected chi connectivity index (χ0v) is 15.0. The van der Waals surface area contributed by atoms with E-state index in [0.29, 0.717) is 16.3 Å². The van der Waals surface area contributed by atoms with E-state index in [1.165, 1.54) is 12.3 Å². The number of carbonyl (C=O) groups excluding carboxylic acids is 1. The van der Waals surface area contributed by atoms with Crippen LogP contribution in [0.4, 0.5) is 0 Å². The lowest BCUT2D eigenvalue weighted by atomic mass is 10.2. The van der Waals surface area contributed by atoms with E-state index >= 15 is 0 Å². The molecule has 26 heavy (non-hydrogen) atoms. The third kappa shape index (κ3) is 4.85. The fraction of sp³-hybridized carbons (Fsp3) is 0. The van der Waals surface area contributed by atoms with E-state index in [4.69, 9.17) is 27.9 Å². The van der Waals surface area contributed by atoms with Gasteiger partial charge in [-0.05, 0) is 48.0 Å². The first-order chi connectivity index (χ1) is 12.6. The summed E-state index contributed by atoms with van der Waals surface area (Å²) in [7, 11) is 0. The van der Waals surface area contributed by atoms with E-state index in [1.807, 2.05) is 54.6 Å². The molecular formula is C20H14Cl2N2O2. The summed E-state index contributed by atoms with van der Waals surface area (Å²) < 4.78 is 5.76. The Morgan fingerprint density at radius 2 is 1.69 bits per heavy atom. The number of nitrogens with one attached hydrogen (secondary N) is 1. The molecule has 0 heterocycles. The SMILES string of the molecule is O=C(NN=Cc1cccc(Oc2ccccc2)c1)c1ccc(Cl)cc1Cl. The van der Waals surface area contributed by atoms with Crippen molar-refractivity contribution in [3.05, 3.63) is 94.0 Å². The number of carbonyl (C=O) groups is 1. The molecule has 3 rings (SSSR count). The number of rotatable bonds is 5. The number of para-hydroxylation sites is 1. The lowest BCUT2D eigenvalue weighted by Gasteiger charge is -2.06. The maximum Gasteiger partial charge on any atom is 0.272 e. The minimum atomic E-state index is -0.417. The van der Waals surface area contributed by atoms with E-state index in [2.05, 4.69) is 10.5 Å². The van der Waals surface area contributed by atoms with Crippen molar-refractivity contribution in [1.82, 2.24) is 5.43 Å². The summed E-state index contributed by atoms with van der Waals surface area (Å²) >= 11 is 11.8. The molecule has 0 radical (unpaired) electrons. The van der Waals surface area contributed by atoms with Crippen molar-refractivity contribution >= 4 is 35.3 Å². The van der Waals surface area contributed by atoms with Gasteiger partial charge < -0.3 is 4.74 Å².